The number of rotatable bonds is 10. The summed E-state index contributed by atoms with van der Waals surface area (Å²) >= 11 is 0. The number of piperidine rings is 1. The van der Waals surface area contributed by atoms with Gasteiger partial charge in [-0.3, -0.25) is 9.78 Å². The van der Waals surface area contributed by atoms with Crippen LogP contribution >= 0.6 is 0 Å². The molecule has 2 aromatic heterocycles. The van der Waals surface area contributed by atoms with E-state index in [1.165, 1.54) is 13.2 Å². The average Bonchev–Trinajstić information content (AvgIpc) is 3.34. The first-order valence-corrected chi connectivity index (χ1v) is 13.4. The number of benzene rings is 1. The van der Waals surface area contributed by atoms with Crippen molar-refractivity contribution in [2.45, 2.75) is 32.1 Å². The van der Waals surface area contributed by atoms with Crippen molar-refractivity contribution in [2.24, 2.45) is 11.8 Å². The lowest BCUT2D eigenvalue weighted by Gasteiger charge is -2.27. The number of H-pyrrole nitrogens is 1. The molecular weight excluding hydrogens is 501 g/mol. The van der Waals surface area contributed by atoms with Gasteiger partial charge in [0.15, 0.2) is 11.6 Å². The Labute approximate surface area is 226 Å². The summed E-state index contributed by atoms with van der Waals surface area (Å²) in [5.74, 6) is -0.319. The molecule has 2 aliphatic heterocycles. The van der Waals surface area contributed by atoms with E-state index in [-0.39, 0.29) is 23.5 Å². The van der Waals surface area contributed by atoms with Crippen LogP contribution in [-0.4, -0.2) is 55.5 Å². The highest BCUT2D eigenvalue weighted by molar-refractivity contribution is 6.07. The fraction of sp³-hybridized carbons (Fsp3) is 0.414. The van der Waals surface area contributed by atoms with Crippen LogP contribution in [0.4, 0.5) is 15.8 Å². The first-order valence-electron chi connectivity index (χ1n) is 13.4. The lowest BCUT2D eigenvalue weighted by Crippen LogP contribution is -2.38. The van der Waals surface area contributed by atoms with E-state index >= 15 is 0 Å². The molecule has 2 unspecified atom stereocenters. The zero-order valence-corrected chi connectivity index (χ0v) is 22.2. The Balaban J connectivity index is 1.63. The third-order valence-corrected chi connectivity index (χ3v) is 7.69. The van der Waals surface area contributed by atoms with E-state index in [2.05, 4.69) is 25.9 Å². The number of aromatic nitrogens is 2. The smallest absolute Gasteiger partial charge is 0.255 e. The van der Waals surface area contributed by atoms with Gasteiger partial charge in [-0.2, -0.15) is 0 Å². The predicted octanol–water partition coefficient (Wildman–Crippen LogP) is 4.40. The number of para-hydroxylation sites is 1. The molecule has 206 valence electrons. The third kappa shape index (κ3) is 5.34. The van der Waals surface area contributed by atoms with Gasteiger partial charge >= 0.3 is 0 Å². The molecule has 39 heavy (non-hydrogen) atoms. The van der Waals surface area contributed by atoms with Gasteiger partial charge in [0.05, 0.1) is 42.5 Å². The van der Waals surface area contributed by atoms with Crippen molar-refractivity contribution >= 4 is 23.6 Å². The van der Waals surface area contributed by atoms with E-state index in [0.29, 0.717) is 65.1 Å². The molecule has 9 nitrogen and oxygen atoms in total. The summed E-state index contributed by atoms with van der Waals surface area (Å²) < 4.78 is 26.2. The number of carbonyl (C=O) groups is 2. The molecule has 4 N–H and O–H groups in total. The van der Waals surface area contributed by atoms with E-state index < -0.39 is 5.82 Å². The van der Waals surface area contributed by atoms with Gasteiger partial charge in [-0.05, 0) is 56.5 Å². The van der Waals surface area contributed by atoms with Crippen molar-refractivity contribution in [3.63, 3.8) is 0 Å². The van der Waals surface area contributed by atoms with E-state index in [1.807, 2.05) is 13.0 Å². The Morgan fingerprint density at radius 2 is 2.08 bits per heavy atom. The van der Waals surface area contributed by atoms with Crippen LogP contribution in [-0.2, 0) is 4.79 Å². The molecule has 1 amide bonds. The molecule has 0 bridgehead atoms. The summed E-state index contributed by atoms with van der Waals surface area (Å²) in [6, 6.07) is 6.39. The molecule has 1 saturated heterocycles. The molecule has 0 radical (unpaired) electrons. The number of amides is 1. The maximum absolute atomic E-state index is 14.6. The number of methoxy groups -OCH3 is 1. The number of hydrogen-bond donors (Lipinski definition) is 4. The number of pyridine rings is 1. The van der Waals surface area contributed by atoms with Gasteiger partial charge in [0.25, 0.3) is 5.91 Å². The normalized spacial score (nSPS) is 18.1. The minimum Gasteiger partial charge on any atom is -0.492 e. The molecule has 1 aromatic carbocycles. The number of hydrogen-bond acceptors (Lipinski definition) is 7. The SMILES string of the molecule is CCC(C=O)C1CNC(=O)c2c1[nH]c(-c1ccncc1OCC1CCNCC1)c2Nc1cccc(F)c1OC. The van der Waals surface area contributed by atoms with Gasteiger partial charge in [-0.15, -0.1) is 0 Å². The van der Waals surface area contributed by atoms with Crippen molar-refractivity contribution in [3.05, 3.63) is 53.7 Å². The van der Waals surface area contributed by atoms with Crippen molar-refractivity contribution in [1.82, 2.24) is 20.6 Å². The van der Waals surface area contributed by atoms with Crippen molar-refractivity contribution in [2.75, 3.05) is 38.7 Å². The van der Waals surface area contributed by atoms with Gasteiger partial charge < -0.3 is 35.2 Å². The van der Waals surface area contributed by atoms with Crippen LogP contribution < -0.4 is 25.4 Å². The maximum atomic E-state index is 14.6. The quantitative estimate of drug-likeness (QED) is 0.284. The number of aldehydes is 1. The second-order valence-electron chi connectivity index (χ2n) is 10.0. The largest absolute Gasteiger partial charge is 0.492 e. The second kappa shape index (κ2) is 11.9. The molecule has 0 saturated carbocycles. The highest BCUT2D eigenvalue weighted by atomic mass is 19.1. The van der Waals surface area contributed by atoms with E-state index in [0.717, 1.165) is 32.2 Å². The van der Waals surface area contributed by atoms with Crippen molar-refractivity contribution in [3.8, 4) is 22.8 Å². The Bertz CT molecular complexity index is 1340. The molecule has 4 heterocycles. The fourth-order valence-electron chi connectivity index (χ4n) is 5.50. The molecule has 1 fully saturated rings. The Morgan fingerprint density at radius 1 is 1.26 bits per heavy atom. The standard InChI is InChI=1S/C29H34FN5O4/c1-3-18(15-36)20-13-33-29(37)24-25(20)35-26(27(24)34-22-6-4-5-21(30)28(22)38-2)19-9-12-32-14-23(19)39-16-17-7-10-31-11-8-17/h4-6,9,12,14-15,17-18,20,31,34-35H,3,7-8,10-11,13,16H2,1-2H3,(H,33,37). The monoisotopic (exact) mass is 535 g/mol. The van der Waals surface area contributed by atoms with Gasteiger partial charge in [0.1, 0.15) is 12.0 Å². The molecule has 10 heteroatoms. The minimum atomic E-state index is -0.530. The van der Waals surface area contributed by atoms with Crippen LogP contribution in [0, 0.1) is 17.7 Å². The first-order chi connectivity index (χ1) is 19.0. The number of nitrogens with one attached hydrogen (secondary N) is 4. The van der Waals surface area contributed by atoms with Crippen LogP contribution in [0.25, 0.3) is 11.3 Å². The summed E-state index contributed by atoms with van der Waals surface area (Å²) in [6.45, 7) is 4.76. The Hall–Kier alpha value is -3.92. The summed E-state index contributed by atoms with van der Waals surface area (Å²) in [7, 11) is 1.39. The van der Waals surface area contributed by atoms with Crippen LogP contribution in [0.1, 0.15) is 48.2 Å². The van der Waals surface area contributed by atoms with Crippen molar-refractivity contribution < 1.29 is 23.5 Å². The zero-order valence-electron chi connectivity index (χ0n) is 22.2. The van der Waals surface area contributed by atoms with E-state index in [4.69, 9.17) is 9.47 Å². The lowest BCUT2D eigenvalue weighted by atomic mass is 9.84. The maximum Gasteiger partial charge on any atom is 0.255 e. The van der Waals surface area contributed by atoms with E-state index in [9.17, 15) is 14.0 Å². The summed E-state index contributed by atoms with van der Waals surface area (Å²) in [4.78, 5) is 33.0. The van der Waals surface area contributed by atoms with Crippen molar-refractivity contribution in [1.29, 1.82) is 0 Å². The third-order valence-electron chi connectivity index (χ3n) is 7.69. The number of ether oxygens (including phenoxy) is 2. The van der Waals surface area contributed by atoms with Gasteiger partial charge in [0, 0.05) is 35.8 Å². The van der Waals surface area contributed by atoms with E-state index in [1.54, 1.807) is 24.5 Å². The summed E-state index contributed by atoms with van der Waals surface area (Å²) in [5, 5.41) is 9.57. The zero-order chi connectivity index (χ0) is 27.4. The molecule has 2 aliphatic rings. The fourth-order valence-corrected chi connectivity index (χ4v) is 5.50. The average molecular weight is 536 g/mol. The summed E-state index contributed by atoms with van der Waals surface area (Å²) in [5.41, 5.74) is 3.16. The van der Waals surface area contributed by atoms with Crippen LogP contribution in [0.2, 0.25) is 0 Å². The molecule has 2 atom stereocenters. The topological polar surface area (TPSA) is 117 Å². The number of halogens is 1. The van der Waals surface area contributed by atoms with Crippen LogP contribution in [0.15, 0.2) is 36.7 Å². The number of carbonyl (C=O) groups excluding carboxylic acids is 2. The van der Waals surface area contributed by atoms with Gasteiger partial charge in [0.2, 0.25) is 0 Å². The second-order valence-corrected chi connectivity index (χ2v) is 10.0. The molecule has 5 rings (SSSR count). The van der Waals surface area contributed by atoms with Crippen LogP contribution in [0.3, 0.4) is 0 Å². The molecule has 3 aromatic rings. The highest BCUT2D eigenvalue weighted by Gasteiger charge is 2.37. The van der Waals surface area contributed by atoms with Gasteiger partial charge in [-0.25, -0.2) is 4.39 Å². The number of nitrogens with zero attached hydrogens (tertiary/aromatic N) is 1. The Kier molecular flexibility index (Phi) is 8.11. The minimum absolute atomic E-state index is 0.0302. The number of aromatic amines is 1. The lowest BCUT2D eigenvalue weighted by molar-refractivity contribution is -0.111. The molecule has 0 aliphatic carbocycles. The highest BCUT2D eigenvalue weighted by Crippen LogP contribution is 2.45. The number of anilines is 2. The Morgan fingerprint density at radius 3 is 2.82 bits per heavy atom. The van der Waals surface area contributed by atoms with Gasteiger partial charge in [-0.1, -0.05) is 13.0 Å². The molecule has 0 spiro atoms. The van der Waals surface area contributed by atoms with Crippen LogP contribution in [0.5, 0.6) is 11.5 Å². The first kappa shape index (κ1) is 26.7. The predicted molar refractivity (Wildman–Crippen MR) is 146 cm³/mol. The molecular formula is C29H34FN5O4. The number of fused-ring (bicyclic) bond motifs is 1. The summed E-state index contributed by atoms with van der Waals surface area (Å²) in [6.07, 6.45) is 6.96.